The molecule has 2 heterocycles. The first kappa shape index (κ1) is 16.6. The van der Waals surface area contributed by atoms with Crippen molar-refractivity contribution in [3.05, 3.63) is 0 Å². The minimum Gasteiger partial charge on any atom is -0.444 e. The summed E-state index contributed by atoms with van der Waals surface area (Å²) in [5.74, 6) is 0.756. The summed E-state index contributed by atoms with van der Waals surface area (Å²) in [6, 6.07) is 0. The van der Waals surface area contributed by atoms with E-state index in [1.807, 2.05) is 25.7 Å². The van der Waals surface area contributed by atoms with Crippen LogP contribution in [0.15, 0.2) is 0 Å². The third-order valence-electron chi connectivity index (χ3n) is 5.33. The Morgan fingerprint density at radius 2 is 1.86 bits per heavy atom. The van der Waals surface area contributed by atoms with Crippen LogP contribution in [-0.4, -0.2) is 54.7 Å². The summed E-state index contributed by atoms with van der Waals surface area (Å²) in [6.45, 7) is 12.2. The molecule has 2 aliphatic rings. The Labute approximate surface area is 129 Å². The minimum absolute atomic E-state index is 0.134. The first-order chi connectivity index (χ1) is 9.76. The highest BCUT2D eigenvalue weighted by atomic mass is 16.6. The number of likely N-dealkylation sites (tertiary alicyclic amines) is 2. The van der Waals surface area contributed by atoms with Gasteiger partial charge in [-0.1, -0.05) is 6.92 Å². The molecule has 2 fully saturated rings. The lowest BCUT2D eigenvalue weighted by Crippen LogP contribution is -2.42. The third-order valence-corrected chi connectivity index (χ3v) is 5.33. The molecule has 0 saturated carbocycles. The van der Waals surface area contributed by atoms with Crippen molar-refractivity contribution in [2.75, 3.05) is 33.2 Å². The van der Waals surface area contributed by atoms with Gasteiger partial charge in [-0.05, 0) is 77.9 Å². The standard InChI is InChI=1S/C17H32N2O2/c1-6-17(14-7-10-18(5)11-8-14)9-12-19(13-17)15(20)21-16(2,3)4/h14H,6-13H2,1-5H3. The fourth-order valence-corrected chi connectivity index (χ4v) is 3.91. The van der Waals surface area contributed by atoms with E-state index in [-0.39, 0.29) is 6.09 Å². The maximum absolute atomic E-state index is 12.3. The zero-order valence-corrected chi connectivity index (χ0v) is 14.4. The number of carbonyl (C=O) groups is 1. The molecule has 2 aliphatic heterocycles. The average Bonchev–Trinajstić information content (AvgIpc) is 2.83. The van der Waals surface area contributed by atoms with E-state index >= 15 is 0 Å². The van der Waals surface area contributed by atoms with Crippen molar-refractivity contribution < 1.29 is 9.53 Å². The second-order valence-electron chi connectivity index (χ2n) is 7.95. The monoisotopic (exact) mass is 296 g/mol. The Bertz CT molecular complexity index is 369. The van der Waals surface area contributed by atoms with E-state index in [4.69, 9.17) is 4.74 Å². The molecule has 0 N–H and O–H groups in total. The molecule has 4 nitrogen and oxygen atoms in total. The fraction of sp³-hybridized carbons (Fsp3) is 0.941. The Hall–Kier alpha value is -0.770. The van der Waals surface area contributed by atoms with Crippen LogP contribution in [0.2, 0.25) is 0 Å². The quantitative estimate of drug-likeness (QED) is 0.783. The van der Waals surface area contributed by atoms with Crippen LogP contribution in [0.4, 0.5) is 4.79 Å². The number of amides is 1. The normalized spacial score (nSPS) is 28.9. The van der Waals surface area contributed by atoms with E-state index in [1.165, 1.54) is 32.4 Å². The van der Waals surface area contributed by atoms with Gasteiger partial charge in [-0.3, -0.25) is 0 Å². The molecule has 0 radical (unpaired) electrons. The Balaban J connectivity index is 1.99. The molecule has 0 spiro atoms. The first-order valence-corrected chi connectivity index (χ1v) is 8.42. The molecule has 0 aromatic carbocycles. The smallest absolute Gasteiger partial charge is 0.410 e. The summed E-state index contributed by atoms with van der Waals surface area (Å²) in [4.78, 5) is 16.6. The van der Waals surface area contributed by atoms with Gasteiger partial charge in [0, 0.05) is 13.1 Å². The molecule has 1 amide bonds. The molecule has 2 rings (SSSR count). The van der Waals surface area contributed by atoms with Crippen molar-refractivity contribution >= 4 is 6.09 Å². The van der Waals surface area contributed by atoms with Crippen LogP contribution in [0.25, 0.3) is 0 Å². The Kier molecular flexibility index (Phi) is 4.86. The Morgan fingerprint density at radius 1 is 1.24 bits per heavy atom. The molecular formula is C17H32N2O2. The van der Waals surface area contributed by atoms with Gasteiger partial charge in [0.15, 0.2) is 0 Å². The van der Waals surface area contributed by atoms with Crippen LogP contribution in [0, 0.1) is 11.3 Å². The number of rotatable bonds is 2. The van der Waals surface area contributed by atoms with Crippen LogP contribution in [0.1, 0.15) is 53.4 Å². The summed E-state index contributed by atoms with van der Waals surface area (Å²) in [6.07, 6.45) is 4.71. The van der Waals surface area contributed by atoms with Crippen LogP contribution in [-0.2, 0) is 4.74 Å². The summed E-state index contributed by atoms with van der Waals surface area (Å²) in [5.41, 5.74) is -0.0831. The first-order valence-electron chi connectivity index (χ1n) is 8.42. The van der Waals surface area contributed by atoms with Crippen molar-refractivity contribution in [1.82, 2.24) is 9.80 Å². The van der Waals surface area contributed by atoms with Crippen LogP contribution < -0.4 is 0 Å². The van der Waals surface area contributed by atoms with E-state index in [0.717, 1.165) is 25.4 Å². The van der Waals surface area contributed by atoms with E-state index < -0.39 is 5.60 Å². The van der Waals surface area contributed by atoms with Gasteiger partial charge in [-0.2, -0.15) is 0 Å². The van der Waals surface area contributed by atoms with Crippen LogP contribution in [0.3, 0.4) is 0 Å². The van der Waals surface area contributed by atoms with Crippen molar-refractivity contribution in [2.24, 2.45) is 11.3 Å². The van der Waals surface area contributed by atoms with Crippen molar-refractivity contribution in [1.29, 1.82) is 0 Å². The fourth-order valence-electron chi connectivity index (χ4n) is 3.91. The predicted octanol–water partition coefficient (Wildman–Crippen LogP) is 3.37. The highest BCUT2D eigenvalue weighted by Crippen LogP contribution is 2.45. The summed E-state index contributed by atoms with van der Waals surface area (Å²) in [5, 5.41) is 0. The molecule has 21 heavy (non-hydrogen) atoms. The minimum atomic E-state index is -0.401. The molecule has 122 valence electrons. The third kappa shape index (κ3) is 3.91. The van der Waals surface area contributed by atoms with Gasteiger partial charge in [0.05, 0.1) is 0 Å². The molecule has 0 aliphatic carbocycles. The summed E-state index contributed by atoms with van der Waals surface area (Å²) < 4.78 is 5.54. The lowest BCUT2D eigenvalue weighted by Gasteiger charge is -2.41. The number of nitrogens with zero attached hydrogens (tertiary/aromatic N) is 2. The number of ether oxygens (including phenoxy) is 1. The van der Waals surface area contributed by atoms with Crippen molar-refractivity contribution in [3.63, 3.8) is 0 Å². The van der Waals surface area contributed by atoms with E-state index in [0.29, 0.717) is 5.41 Å². The largest absolute Gasteiger partial charge is 0.444 e. The van der Waals surface area contributed by atoms with Crippen LogP contribution >= 0.6 is 0 Å². The molecule has 2 saturated heterocycles. The van der Waals surface area contributed by atoms with Gasteiger partial charge in [0.25, 0.3) is 0 Å². The number of carbonyl (C=O) groups excluding carboxylic acids is 1. The lowest BCUT2D eigenvalue weighted by molar-refractivity contribution is 0.0228. The zero-order valence-electron chi connectivity index (χ0n) is 14.4. The van der Waals surface area contributed by atoms with Gasteiger partial charge >= 0.3 is 6.09 Å². The van der Waals surface area contributed by atoms with Gasteiger partial charge < -0.3 is 14.5 Å². The average molecular weight is 296 g/mol. The SMILES string of the molecule is CCC1(C2CCN(C)CC2)CCN(C(=O)OC(C)(C)C)C1. The number of piperidine rings is 1. The topological polar surface area (TPSA) is 32.8 Å². The molecule has 1 unspecified atom stereocenters. The van der Waals surface area contributed by atoms with Gasteiger partial charge in [0.1, 0.15) is 5.60 Å². The molecule has 0 bridgehead atoms. The second kappa shape index (κ2) is 6.15. The molecule has 0 aromatic heterocycles. The molecular weight excluding hydrogens is 264 g/mol. The highest BCUT2D eigenvalue weighted by Gasteiger charge is 2.45. The predicted molar refractivity (Wildman–Crippen MR) is 85.4 cm³/mol. The number of hydrogen-bond donors (Lipinski definition) is 0. The van der Waals surface area contributed by atoms with E-state index in [1.54, 1.807) is 0 Å². The van der Waals surface area contributed by atoms with Gasteiger partial charge in [-0.15, -0.1) is 0 Å². The van der Waals surface area contributed by atoms with E-state index in [9.17, 15) is 4.79 Å². The second-order valence-corrected chi connectivity index (χ2v) is 7.95. The summed E-state index contributed by atoms with van der Waals surface area (Å²) >= 11 is 0. The number of hydrogen-bond acceptors (Lipinski definition) is 3. The van der Waals surface area contributed by atoms with Crippen molar-refractivity contribution in [3.8, 4) is 0 Å². The molecule has 1 atom stereocenters. The molecule has 0 aromatic rings. The molecule has 4 heteroatoms. The Morgan fingerprint density at radius 3 is 2.38 bits per heavy atom. The zero-order chi connectivity index (χ0) is 15.7. The van der Waals surface area contributed by atoms with Crippen molar-refractivity contribution in [2.45, 2.75) is 59.0 Å². The van der Waals surface area contributed by atoms with Gasteiger partial charge in [-0.25, -0.2) is 4.79 Å². The maximum Gasteiger partial charge on any atom is 0.410 e. The maximum atomic E-state index is 12.3. The van der Waals surface area contributed by atoms with Crippen LogP contribution in [0.5, 0.6) is 0 Å². The highest BCUT2D eigenvalue weighted by molar-refractivity contribution is 5.68. The lowest BCUT2D eigenvalue weighted by atomic mass is 9.68. The summed E-state index contributed by atoms with van der Waals surface area (Å²) in [7, 11) is 2.20. The van der Waals surface area contributed by atoms with Gasteiger partial charge in [0.2, 0.25) is 0 Å². The van der Waals surface area contributed by atoms with E-state index in [2.05, 4.69) is 18.9 Å².